The Kier molecular flexibility index (Phi) is 4.94. The van der Waals surface area contributed by atoms with Crippen LogP contribution in [0.3, 0.4) is 0 Å². The maximum absolute atomic E-state index is 6.05. The summed E-state index contributed by atoms with van der Waals surface area (Å²) < 4.78 is 2.15. The van der Waals surface area contributed by atoms with Gasteiger partial charge in [0.25, 0.3) is 0 Å². The smallest absolute Gasteiger partial charge is 0.175 e. The molecule has 1 aliphatic carbocycles. The van der Waals surface area contributed by atoms with Gasteiger partial charge in [-0.3, -0.25) is 0 Å². The van der Waals surface area contributed by atoms with Crippen molar-refractivity contribution in [2.24, 2.45) is 11.7 Å². The van der Waals surface area contributed by atoms with Crippen LogP contribution in [0.15, 0.2) is 8.68 Å². The Morgan fingerprint density at radius 2 is 2.19 bits per heavy atom. The van der Waals surface area contributed by atoms with Crippen LogP contribution in [-0.2, 0) is 0 Å². The fourth-order valence-electron chi connectivity index (χ4n) is 2.06. The van der Waals surface area contributed by atoms with E-state index >= 15 is 0 Å². The second-order valence-electron chi connectivity index (χ2n) is 4.03. The van der Waals surface area contributed by atoms with Gasteiger partial charge in [-0.25, -0.2) is 0 Å². The van der Waals surface area contributed by atoms with Gasteiger partial charge in [-0.05, 0) is 31.4 Å². The zero-order valence-electron chi connectivity index (χ0n) is 9.39. The minimum Gasteiger partial charge on any atom is -0.327 e. The van der Waals surface area contributed by atoms with E-state index in [0.29, 0.717) is 6.04 Å². The molecule has 90 valence electrons. The third-order valence-corrected chi connectivity index (χ3v) is 6.06. The van der Waals surface area contributed by atoms with Crippen LogP contribution in [0.1, 0.15) is 25.7 Å². The largest absolute Gasteiger partial charge is 0.327 e. The summed E-state index contributed by atoms with van der Waals surface area (Å²) in [7, 11) is 0. The minimum atomic E-state index is 0.441. The van der Waals surface area contributed by atoms with E-state index < -0.39 is 0 Å². The molecule has 2 N–H and O–H groups in total. The molecule has 2 rings (SSSR count). The summed E-state index contributed by atoms with van der Waals surface area (Å²) in [6.07, 6.45) is 7.09. The summed E-state index contributed by atoms with van der Waals surface area (Å²) >= 11 is 5.17. The molecule has 0 amide bonds. The molecule has 0 radical (unpaired) electrons. The summed E-state index contributed by atoms with van der Waals surface area (Å²) in [4.78, 5) is 0. The first-order valence-electron chi connectivity index (χ1n) is 5.55. The number of nitrogens with zero attached hydrogens (tertiary/aromatic N) is 2. The number of thioether (sulfide) groups is 2. The van der Waals surface area contributed by atoms with Crippen molar-refractivity contribution in [1.29, 1.82) is 0 Å². The van der Waals surface area contributed by atoms with Crippen LogP contribution in [0.4, 0.5) is 0 Å². The van der Waals surface area contributed by atoms with Crippen molar-refractivity contribution >= 4 is 34.9 Å². The van der Waals surface area contributed by atoms with E-state index in [1.807, 2.05) is 18.0 Å². The van der Waals surface area contributed by atoms with Crippen LogP contribution >= 0.6 is 34.9 Å². The Hall–Kier alpha value is 0.220. The normalized spacial score (nSPS) is 25.1. The Labute approximate surface area is 109 Å². The standard InChI is InChI=1S/C10H17N3S3/c1-14-9-12-13-10(16-9)15-6-5-7-3-2-4-8(7)11/h7-8H,2-6,11H2,1H3. The molecule has 1 aliphatic rings. The number of rotatable bonds is 5. The predicted octanol–water partition coefficient (Wildman–Crippen LogP) is 2.87. The highest BCUT2D eigenvalue weighted by Gasteiger charge is 2.23. The van der Waals surface area contributed by atoms with Gasteiger partial charge in [0.05, 0.1) is 0 Å². The van der Waals surface area contributed by atoms with Gasteiger partial charge in [0, 0.05) is 11.8 Å². The van der Waals surface area contributed by atoms with Crippen molar-refractivity contribution < 1.29 is 0 Å². The summed E-state index contributed by atoms with van der Waals surface area (Å²) in [5.41, 5.74) is 6.05. The van der Waals surface area contributed by atoms with Crippen molar-refractivity contribution in [3.8, 4) is 0 Å². The average molecular weight is 275 g/mol. The lowest BCUT2D eigenvalue weighted by Crippen LogP contribution is -2.24. The second-order valence-corrected chi connectivity index (χ2v) is 7.40. The fourth-order valence-corrected chi connectivity index (χ4v) is 4.64. The quantitative estimate of drug-likeness (QED) is 0.837. The molecule has 0 spiro atoms. The van der Waals surface area contributed by atoms with E-state index in [1.165, 1.54) is 25.7 Å². The number of hydrogen-bond acceptors (Lipinski definition) is 6. The van der Waals surface area contributed by atoms with E-state index in [0.717, 1.165) is 20.4 Å². The molecule has 0 aromatic carbocycles. The van der Waals surface area contributed by atoms with Crippen molar-refractivity contribution in [3.05, 3.63) is 0 Å². The molecule has 1 fully saturated rings. The van der Waals surface area contributed by atoms with Crippen LogP contribution < -0.4 is 5.73 Å². The summed E-state index contributed by atoms with van der Waals surface area (Å²) in [5, 5.41) is 8.24. The lowest BCUT2D eigenvalue weighted by molar-refractivity contribution is 0.470. The average Bonchev–Trinajstić information content (AvgIpc) is 2.89. The lowest BCUT2D eigenvalue weighted by atomic mass is 10.0. The molecule has 0 bridgehead atoms. The van der Waals surface area contributed by atoms with Gasteiger partial charge in [-0.2, -0.15) is 0 Å². The molecule has 0 aliphatic heterocycles. The van der Waals surface area contributed by atoms with Crippen LogP contribution in [-0.4, -0.2) is 28.2 Å². The van der Waals surface area contributed by atoms with Crippen LogP contribution in [0.25, 0.3) is 0 Å². The van der Waals surface area contributed by atoms with Crippen molar-refractivity contribution in [2.45, 2.75) is 40.4 Å². The molecule has 1 aromatic heterocycles. The molecular weight excluding hydrogens is 258 g/mol. The number of nitrogens with two attached hydrogens (primary N) is 1. The minimum absolute atomic E-state index is 0.441. The molecule has 16 heavy (non-hydrogen) atoms. The summed E-state index contributed by atoms with van der Waals surface area (Å²) in [5.74, 6) is 1.86. The van der Waals surface area contributed by atoms with Gasteiger partial charge in [-0.15, -0.1) is 10.2 Å². The first-order valence-corrected chi connectivity index (χ1v) is 8.58. The van der Waals surface area contributed by atoms with Gasteiger partial charge in [0.2, 0.25) is 0 Å². The third kappa shape index (κ3) is 3.35. The van der Waals surface area contributed by atoms with Crippen molar-refractivity contribution in [2.75, 3.05) is 12.0 Å². The zero-order valence-corrected chi connectivity index (χ0v) is 11.8. The van der Waals surface area contributed by atoms with E-state index in [9.17, 15) is 0 Å². The van der Waals surface area contributed by atoms with E-state index in [4.69, 9.17) is 5.73 Å². The molecule has 6 heteroatoms. The summed E-state index contributed by atoms with van der Waals surface area (Å²) in [6.45, 7) is 0. The Balaban J connectivity index is 1.71. The van der Waals surface area contributed by atoms with Gasteiger partial charge in [-0.1, -0.05) is 41.3 Å². The molecule has 1 heterocycles. The third-order valence-electron chi connectivity index (χ3n) is 2.99. The molecule has 2 unspecified atom stereocenters. The van der Waals surface area contributed by atoms with E-state index in [2.05, 4.69) is 10.2 Å². The van der Waals surface area contributed by atoms with Crippen molar-refractivity contribution in [1.82, 2.24) is 10.2 Å². The number of hydrogen-bond donors (Lipinski definition) is 1. The van der Waals surface area contributed by atoms with Crippen LogP contribution in [0.2, 0.25) is 0 Å². The van der Waals surface area contributed by atoms with Gasteiger partial charge >= 0.3 is 0 Å². The van der Waals surface area contributed by atoms with E-state index in [1.54, 1.807) is 23.1 Å². The first kappa shape index (κ1) is 12.7. The van der Waals surface area contributed by atoms with Crippen LogP contribution in [0.5, 0.6) is 0 Å². The van der Waals surface area contributed by atoms with E-state index in [-0.39, 0.29) is 0 Å². The topological polar surface area (TPSA) is 51.8 Å². The molecular formula is C10H17N3S3. The fraction of sp³-hybridized carbons (Fsp3) is 0.800. The Morgan fingerprint density at radius 1 is 1.38 bits per heavy atom. The maximum Gasteiger partial charge on any atom is 0.175 e. The summed E-state index contributed by atoms with van der Waals surface area (Å²) in [6, 6.07) is 0.441. The Bertz CT molecular complexity index is 329. The highest BCUT2D eigenvalue weighted by atomic mass is 32.2. The maximum atomic E-state index is 6.05. The van der Waals surface area contributed by atoms with Crippen molar-refractivity contribution in [3.63, 3.8) is 0 Å². The molecule has 3 nitrogen and oxygen atoms in total. The first-order chi connectivity index (χ1) is 7.79. The SMILES string of the molecule is CSc1nnc(SCCC2CCCC2N)s1. The van der Waals surface area contributed by atoms with Gasteiger partial charge in [0.1, 0.15) is 0 Å². The van der Waals surface area contributed by atoms with Gasteiger partial charge < -0.3 is 5.73 Å². The molecule has 0 saturated heterocycles. The Morgan fingerprint density at radius 3 is 2.81 bits per heavy atom. The highest BCUT2D eigenvalue weighted by Crippen LogP contribution is 2.31. The lowest BCUT2D eigenvalue weighted by Gasteiger charge is -2.13. The molecule has 1 aromatic rings. The zero-order chi connectivity index (χ0) is 11.4. The highest BCUT2D eigenvalue weighted by molar-refractivity contribution is 8.02. The molecule has 1 saturated carbocycles. The number of aromatic nitrogens is 2. The van der Waals surface area contributed by atoms with Gasteiger partial charge in [0.15, 0.2) is 8.68 Å². The predicted molar refractivity (Wildman–Crippen MR) is 72.3 cm³/mol. The monoisotopic (exact) mass is 275 g/mol. The van der Waals surface area contributed by atoms with Crippen LogP contribution in [0, 0.1) is 5.92 Å². The molecule has 2 atom stereocenters. The second kappa shape index (κ2) is 6.23.